The highest BCUT2D eigenvalue weighted by Crippen LogP contribution is 2.23. The van der Waals surface area contributed by atoms with Crippen LogP contribution in [0.15, 0.2) is 30.5 Å². The molecule has 23 heavy (non-hydrogen) atoms. The molecule has 1 heterocycles. The molecule has 6 heteroatoms. The fourth-order valence-corrected chi connectivity index (χ4v) is 2.46. The molecule has 5 nitrogen and oxygen atoms in total. The highest BCUT2D eigenvalue weighted by Gasteiger charge is 2.22. The molecule has 0 aliphatic carbocycles. The molecule has 0 aliphatic rings. The molecule has 0 spiro atoms. The van der Waals surface area contributed by atoms with Crippen LogP contribution in [0.5, 0.6) is 0 Å². The van der Waals surface area contributed by atoms with E-state index in [1.807, 2.05) is 20.8 Å². The summed E-state index contributed by atoms with van der Waals surface area (Å²) < 4.78 is 13.0. The third kappa shape index (κ3) is 4.63. The van der Waals surface area contributed by atoms with Gasteiger partial charge in [-0.1, -0.05) is 20.8 Å². The topological polar surface area (TPSA) is 78.0 Å². The minimum Gasteiger partial charge on any atom is -0.394 e. The van der Waals surface area contributed by atoms with Gasteiger partial charge in [-0.15, -0.1) is 0 Å². The maximum atomic E-state index is 13.0. The fourth-order valence-electron chi connectivity index (χ4n) is 2.46. The lowest BCUT2D eigenvalue weighted by atomic mass is 9.88. The summed E-state index contributed by atoms with van der Waals surface area (Å²) in [5.74, 6) is -0.661. The molecule has 0 radical (unpaired) electrons. The molecule has 2 rings (SSSR count). The maximum absolute atomic E-state index is 13.0. The minimum absolute atomic E-state index is 0.0170. The van der Waals surface area contributed by atoms with Gasteiger partial charge in [0, 0.05) is 5.56 Å². The molecule has 1 amide bonds. The number of hydrogen-bond donors (Lipinski definition) is 3. The summed E-state index contributed by atoms with van der Waals surface area (Å²) in [7, 11) is 0. The number of nitrogens with one attached hydrogen (secondary N) is 2. The molecule has 0 fully saturated rings. The van der Waals surface area contributed by atoms with E-state index < -0.39 is 0 Å². The zero-order chi connectivity index (χ0) is 17.0. The van der Waals surface area contributed by atoms with E-state index in [4.69, 9.17) is 0 Å². The first-order chi connectivity index (χ1) is 10.8. The summed E-state index contributed by atoms with van der Waals surface area (Å²) in [6.07, 6.45) is 2.08. The Kier molecular flexibility index (Phi) is 5.15. The number of aromatic nitrogens is 2. The Bertz CT molecular complexity index is 659. The maximum Gasteiger partial charge on any atom is 0.255 e. The molecule has 1 aromatic carbocycles. The number of aliphatic hydroxyl groups excluding tert-OH is 1. The molecular weight excluding hydrogens is 297 g/mol. The number of amides is 1. The Morgan fingerprint density at radius 1 is 1.35 bits per heavy atom. The summed E-state index contributed by atoms with van der Waals surface area (Å²) in [5.41, 5.74) is 1.54. The molecule has 0 aliphatic heterocycles. The van der Waals surface area contributed by atoms with Gasteiger partial charge in [-0.3, -0.25) is 9.89 Å². The van der Waals surface area contributed by atoms with Crippen LogP contribution in [-0.2, 0) is 0 Å². The number of carbonyl (C=O) groups is 1. The van der Waals surface area contributed by atoms with E-state index in [1.54, 1.807) is 12.1 Å². The fraction of sp³-hybridized carbons (Fsp3) is 0.412. The summed E-state index contributed by atoms with van der Waals surface area (Å²) >= 11 is 0. The third-order valence-corrected chi connectivity index (χ3v) is 3.43. The van der Waals surface area contributed by atoms with Crippen LogP contribution in [0, 0.1) is 11.2 Å². The average molecular weight is 319 g/mol. The van der Waals surface area contributed by atoms with E-state index in [-0.39, 0.29) is 29.8 Å². The molecule has 0 saturated carbocycles. The smallest absolute Gasteiger partial charge is 0.255 e. The Labute approximate surface area is 134 Å². The summed E-state index contributed by atoms with van der Waals surface area (Å²) in [6, 6.07) is 5.48. The van der Waals surface area contributed by atoms with Crippen molar-refractivity contribution in [2.45, 2.75) is 33.2 Å². The van der Waals surface area contributed by atoms with E-state index >= 15 is 0 Å². The molecule has 0 bridgehead atoms. The first-order valence-corrected chi connectivity index (χ1v) is 7.51. The highest BCUT2D eigenvalue weighted by molar-refractivity contribution is 5.99. The van der Waals surface area contributed by atoms with Crippen LogP contribution in [0.25, 0.3) is 11.3 Å². The Morgan fingerprint density at radius 2 is 2.00 bits per heavy atom. The molecule has 2 aromatic rings. The second kappa shape index (κ2) is 6.91. The molecule has 1 atom stereocenters. The van der Waals surface area contributed by atoms with Gasteiger partial charge in [-0.05, 0) is 36.1 Å². The Morgan fingerprint density at radius 3 is 2.57 bits per heavy atom. The summed E-state index contributed by atoms with van der Waals surface area (Å²) in [6.45, 7) is 6.00. The van der Waals surface area contributed by atoms with Crippen molar-refractivity contribution in [2.75, 3.05) is 6.61 Å². The molecule has 124 valence electrons. The molecule has 1 aromatic heterocycles. The van der Waals surface area contributed by atoms with Crippen molar-refractivity contribution in [1.29, 1.82) is 0 Å². The van der Waals surface area contributed by atoms with Crippen molar-refractivity contribution in [3.8, 4) is 11.3 Å². The van der Waals surface area contributed by atoms with E-state index in [2.05, 4.69) is 15.5 Å². The zero-order valence-electron chi connectivity index (χ0n) is 13.6. The van der Waals surface area contributed by atoms with Crippen molar-refractivity contribution in [3.63, 3.8) is 0 Å². The predicted octanol–water partition coefficient (Wildman–Crippen LogP) is 2.74. The first-order valence-electron chi connectivity index (χ1n) is 7.51. The number of H-pyrrole nitrogens is 1. The predicted molar refractivity (Wildman–Crippen MR) is 86.4 cm³/mol. The van der Waals surface area contributed by atoms with Crippen LogP contribution in [0.1, 0.15) is 37.6 Å². The quantitative estimate of drug-likeness (QED) is 0.793. The van der Waals surface area contributed by atoms with Crippen LogP contribution in [-0.4, -0.2) is 33.9 Å². The van der Waals surface area contributed by atoms with Gasteiger partial charge in [-0.25, -0.2) is 4.39 Å². The van der Waals surface area contributed by atoms with E-state index in [9.17, 15) is 14.3 Å². The summed E-state index contributed by atoms with van der Waals surface area (Å²) in [5, 5.41) is 19.0. The Hall–Kier alpha value is -2.21. The lowest BCUT2D eigenvalue weighted by Gasteiger charge is -2.25. The van der Waals surface area contributed by atoms with Crippen molar-refractivity contribution in [2.24, 2.45) is 5.41 Å². The monoisotopic (exact) mass is 319 g/mol. The second-order valence-corrected chi connectivity index (χ2v) is 6.78. The minimum atomic E-state index is -0.343. The van der Waals surface area contributed by atoms with Crippen molar-refractivity contribution >= 4 is 5.91 Å². The van der Waals surface area contributed by atoms with Gasteiger partial charge in [0.05, 0.1) is 30.1 Å². The van der Waals surface area contributed by atoms with Crippen molar-refractivity contribution in [1.82, 2.24) is 15.5 Å². The van der Waals surface area contributed by atoms with Crippen molar-refractivity contribution in [3.05, 3.63) is 41.8 Å². The number of aliphatic hydroxyl groups is 1. The van der Waals surface area contributed by atoms with E-state index in [1.165, 1.54) is 18.3 Å². The van der Waals surface area contributed by atoms with Gasteiger partial charge in [0.15, 0.2) is 0 Å². The molecular formula is C17H22FN3O2. The lowest BCUT2D eigenvalue weighted by molar-refractivity contribution is 0.0898. The van der Waals surface area contributed by atoms with Gasteiger partial charge in [0.1, 0.15) is 5.82 Å². The van der Waals surface area contributed by atoms with Gasteiger partial charge in [0.2, 0.25) is 0 Å². The molecule has 1 unspecified atom stereocenters. The zero-order valence-corrected chi connectivity index (χ0v) is 13.6. The van der Waals surface area contributed by atoms with Gasteiger partial charge in [-0.2, -0.15) is 5.10 Å². The summed E-state index contributed by atoms with van der Waals surface area (Å²) in [4.78, 5) is 12.5. The Balaban J connectivity index is 2.17. The average Bonchev–Trinajstić information content (AvgIpc) is 2.95. The first kappa shape index (κ1) is 17.1. The van der Waals surface area contributed by atoms with Gasteiger partial charge >= 0.3 is 0 Å². The SMILES string of the molecule is CC(C)(C)CC(CO)NC(=O)c1cn[nH]c1-c1ccc(F)cc1. The standard InChI is InChI=1S/C17H22FN3O2/c1-17(2,3)8-13(10-22)20-16(23)14-9-19-21-15(14)11-4-6-12(18)7-5-11/h4-7,9,13,22H,8,10H2,1-3H3,(H,19,21)(H,20,23). The van der Waals surface area contributed by atoms with E-state index in [0.29, 0.717) is 23.2 Å². The number of nitrogens with zero attached hydrogens (tertiary/aromatic N) is 1. The lowest BCUT2D eigenvalue weighted by Crippen LogP contribution is -2.40. The molecule has 3 N–H and O–H groups in total. The van der Waals surface area contributed by atoms with Crippen LogP contribution >= 0.6 is 0 Å². The molecule has 0 saturated heterocycles. The number of benzene rings is 1. The largest absolute Gasteiger partial charge is 0.394 e. The number of rotatable bonds is 5. The number of hydrogen-bond acceptors (Lipinski definition) is 3. The van der Waals surface area contributed by atoms with Crippen LogP contribution in [0.4, 0.5) is 4.39 Å². The highest BCUT2D eigenvalue weighted by atomic mass is 19.1. The van der Waals surface area contributed by atoms with Gasteiger partial charge in [0.25, 0.3) is 5.91 Å². The van der Waals surface area contributed by atoms with E-state index in [0.717, 1.165) is 0 Å². The number of aromatic amines is 1. The van der Waals surface area contributed by atoms with Crippen molar-refractivity contribution < 1.29 is 14.3 Å². The third-order valence-electron chi connectivity index (χ3n) is 3.43. The van der Waals surface area contributed by atoms with Gasteiger partial charge < -0.3 is 10.4 Å². The normalized spacial score (nSPS) is 12.9. The van der Waals surface area contributed by atoms with Crippen LogP contribution in [0.3, 0.4) is 0 Å². The number of carbonyl (C=O) groups excluding carboxylic acids is 1. The van der Waals surface area contributed by atoms with Crippen LogP contribution < -0.4 is 5.32 Å². The second-order valence-electron chi connectivity index (χ2n) is 6.78. The van der Waals surface area contributed by atoms with Crippen LogP contribution in [0.2, 0.25) is 0 Å². The number of halogens is 1.